The van der Waals surface area contributed by atoms with E-state index in [1.54, 1.807) is 23.1 Å². The van der Waals surface area contributed by atoms with Crippen molar-refractivity contribution in [1.29, 1.82) is 0 Å². The summed E-state index contributed by atoms with van der Waals surface area (Å²) in [6.45, 7) is 4.35. The quantitative estimate of drug-likeness (QED) is 0.875. The van der Waals surface area contributed by atoms with Crippen LogP contribution >= 0.6 is 0 Å². The molecule has 1 aromatic heterocycles. The molecule has 1 fully saturated rings. The first kappa shape index (κ1) is 17.1. The lowest BCUT2D eigenvalue weighted by Crippen LogP contribution is -2.44. The standard InChI is InChI=1S/C18H21FN4O2/c1-3-15(23-8-4-5-17(23)24)18(25)20-16-10-14(21-22-16)12-9-11(2)6-7-13(12)19/h6-7,9-10,15H,3-5,8H2,1-2H3,(H2,20,21,22,25). The van der Waals surface area contributed by atoms with Gasteiger partial charge >= 0.3 is 0 Å². The molecule has 6 nitrogen and oxygen atoms in total. The number of H-pyrrole nitrogens is 1. The van der Waals surface area contributed by atoms with Crippen LogP contribution in [0.2, 0.25) is 0 Å². The zero-order valence-corrected chi connectivity index (χ0v) is 14.3. The molecule has 0 radical (unpaired) electrons. The molecule has 1 aliphatic rings. The Morgan fingerprint density at radius 3 is 2.92 bits per heavy atom. The molecule has 2 N–H and O–H groups in total. The van der Waals surface area contributed by atoms with Crippen LogP contribution in [0.1, 0.15) is 31.7 Å². The summed E-state index contributed by atoms with van der Waals surface area (Å²) >= 11 is 0. The highest BCUT2D eigenvalue weighted by atomic mass is 19.1. The van der Waals surface area contributed by atoms with Gasteiger partial charge in [0.15, 0.2) is 5.82 Å². The monoisotopic (exact) mass is 344 g/mol. The molecule has 132 valence electrons. The van der Waals surface area contributed by atoms with Crippen molar-refractivity contribution in [2.24, 2.45) is 0 Å². The molecule has 1 atom stereocenters. The first-order valence-electron chi connectivity index (χ1n) is 8.42. The molecule has 25 heavy (non-hydrogen) atoms. The van der Waals surface area contributed by atoms with Gasteiger partial charge in [0, 0.05) is 24.6 Å². The molecule has 2 heterocycles. The van der Waals surface area contributed by atoms with Gasteiger partial charge in [0.05, 0.1) is 5.69 Å². The van der Waals surface area contributed by atoms with E-state index in [-0.39, 0.29) is 17.6 Å². The Labute approximate surface area is 145 Å². The topological polar surface area (TPSA) is 78.1 Å². The number of hydrogen-bond acceptors (Lipinski definition) is 3. The lowest BCUT2D eigenvalue weighted by atomic mass is 10.1. The van der Waals surface area contributed by atoms with Crippen molar-refractivity contribution in [3.63, 3.8) is 0 Å². The lowest BCUT2D eigenvalue weighted by Gasteiger charge is -2.25. The Balaban J connectivity index is 1.75. The van der Waals surface area contributed by atoms with E-state index in [1.165, 1.54) is 6.07 Å². The van der Waals surface area contributed by atoms with Crippen molar-refractivity contribution >= 4 is 17.6 Å². The highest BCUT2D eigenvalue weighted by Gasteiger charge is 2.31. The highest BCUT2D eigenvalue weighted by Crippen LogP contribution is 2.24. The van der Waals surface area contributed by atoms with E-state index in [9.17, 15) is 14.0 Å². The van der Waals surface area contributed by atoms with Gasteiger partial charge in [-0.25, -0.2) is 4.39 Å². The van der Waals surface area contributed by atoms with Crippen LogP contribution in [0.5, 0.6) is 0 Å². The fraction of sp³-hybridized carbons (Fsp3) is 0.389. The zero-order chi connectivity index (χ0) is 18.0. The number of aryl methyl sites for hydroxylation is 1. The van der Waals surface area contributed by atoms with Crippen LogP contribution in [0.15, 0.2) is 24.3 Å². The minimum absolute atomic E-state index is 0.00606. The summed E-state index contributed by atoms with van der Waals surface area (Å²) in [7, 11) is 0. The van der Waals surface area contributed by atoms with Crippen molar-refractivity contribution in [2.75, 3.05) is 11.9 Å². The van der Waals surface area contributed by atoms with Crippen molar-refractivity contribution in [2.45, 2.75) is 39.2 Å². The smallest absolute Gasteiger partial charge is 0.248 e. The van der Waals surface area contributed by atoms with Gasteiger partial charge in [-0.05, 0) is 31.9 Å². The maximum Gasteiger partial charge on any atom is 0.248 e. The predicted molar refractivity (Wildman–Crippen MR) is 92.4 cm³/mol. The Morgan fingerprint density at radius 1 is 1.44 bits per heavy atom. The molecule has 0 aliphatic carbocycles. The van der Waals surface area contributed by atoms with E-state index >= 15 is 0 Å². The molecule has 2 aromatic rings. The number of carbonyl (C=O) groups excluding carboxylic acids is 2. The van der Waals surface area contributed by atoms with Gasteiger partial charge < -0.3 is 10.2 Å². The maximum absolute atomic E-state index is 14.0. The fourth-order valence-electron chi connectivity index (χ4n) is 3.12. The summed E-state index contributed by atoms with van der Waals surface area (Å²) in [5.74, 6) is -0.320. The molecule has 2 amide bonds. The molecule has 0 bridgehead atoms. The second kappa shape index (κ2) is 7.04. The average molecular weight is 344 g/mol. The number of carbonyl (C=O) groups is 2. The first-order valence-corrected chi connectivity index (χ1v) is 8.42. The Kier molecular flexibility index (Phi) is 4.83. The number of anilines is 1. The number of hydrogen-bond donors (Lipinski definition) is 2. The highest BCUT2D eigenvalue weighted by molar-refractivity contribution is 5.97. The summed E-state index contributed by atoms with van der Waals surface area (Å²) < 4.78 is 14.0. The third-order valence-corrected chi connectivity index (χ3v) is 4.42. The molecule has 0 saturated carbocycles. The summed E-state index contributed by atoms with van der Waals surface area (Å²) in [6, 6.07) is 5.89. The number of nitrogens with one attached hydrogen (secondary N) is 2. The number of likely N-dealkylation sites (tertiary alicyclic amines) is 1. The number of aromatic amines is 1. The van der Waals surface area contributed by atoms with E-state index in [1.807, 2.05) is 13.8 Å². The molecule has 0 spiro atoms. The second-order valence-electron chi connectivity index (χ2n) is 6.25. The van der Waals surface area contributed by atoms with Gasteiger partial charge in [-0.15, -0.1) is 0 Å². The van der Waals surface area contributed by atoms with Gasteiger partial charge in [0.1, 0.15) is 11.9 Å². The molecule has 1 aliphatic heterocycles. The number of nitrogens with zero attached hydrogens (tertiary/aromatic N) is 2. The van der Waals surface area contributed by atoms with E-state index in [0.717, 1.165) is 12.0 Å². The van der Waals surface area contributed by atoms with Crippen LogP contribution in [-0.4, -0.2) is 39.5 Å². The van der Waals surface area contributed by atoms with E-state index in [4.69, 9.17) is 0 Å². The molecule has 1 saturated heterocycles. The molecule has 7 heteroatoms. The summed E-state index contributed by atoms with van der Waals surface area (Å²) in [5, 5.41) is 9.50. The Hall–Kier alpha value is -2.70. The van der Waals surface area contributed by atoms with Gasteiger partial charge in [0.25, 0.3) is 0 Å². The zero-order valence-electron chi connectivity index (χ0n) is 14.3. The maximum atomic E-state index is 14.0. The molecule has 3 rings (SSSR count). The number of halogens is 1. The van der Waals surface area contributed by atoms with Crippen LogP contribution in [-0.2, 0) is 9.59 Å². The number of benzene rings is 1. The summed E-state index contributed by atoms with van der Waals surface area (Å²) in [4.78, 5) is 26.0. The van der Waals surface area contributed by atoms with Crippen molar-refractivity contribution < 1.29 is 14.0 Å². The van der Waals surface area contributed by atoms with Gasteiger partial charge in [-0.3, -0.25) is 14.7 Å². The summed E-state index contributed by atoms with van der Waals surface area (Å²) in [5.41, 5.74) is 1.81. The Morgan fingerprint density at radius 2 is 2.24 bits per heavy atom. The number of rotatable bonds is 5. The van der Waals surface area contributed by atoms with Crippen LogP contribution in [0.25, 0.3) is 11.3 Å². The number of amides is 2. The third kappa shape index (κ3) is 3.55. The molecule has 1 unspecified atom stereocenters. The lowest BCUT2D eigenvalue weighted by molar-refractivity contribution is -0.135. The predicted octanol–water partition coefficient (Wildman–Crippen LogP) is 2.86. The van der Waals surface area contributed by atoms with Gasteiger partial charge in [-0.2, -0.15) is 5.10 Å². The minimum atomic E-state index is -0.508. The van der Waals surface area contributed by atoms with Crippen LogP contribution in [0, 0.1) is 12.7 Å². The van der Waals surface area contributed by atoms with Gasteiger partial charge in [0.2, 0.25) is 11.8 Å². The van der Waals surface area contributed by atoms with Crippen molar-refractivity contribution in [1.82, 2.24) is 15.1 Å². The first-order chi connectivity index (χ1) is 12.0. The van der Waals surface area contributed by atoms with Crippen molar-refractivity contribution in [3.8, 4) is 11.3 Å². The van der Waals surface area contributed by atoms with Crippen molar-refractivity contribution in [3.05, 3.63) is 35.6 Å². The second-order valence-corrected chi connectivity index (χ2v) is 6.25. The van der Waals surface area contributed by atoms with E-state index in [2.05, 4.69) is 15.5 Å². The largest absolute Gasteiger partial charge is 0.331 e. The van der Waals surface area contributed by atoms with E-state index in [0.29, 0.717) is 36.5 Å². The fourth-order valence-corrected chi connectivity index (χ4v) is 3.12. The SMILES string of the molecule is CCC(C(=O)Nc1cc(-c2cc(C)ccc2F)[nH]n1)N1CCCC1=O. The molecular formula is C18H21FN4O2. The molecular weight excluding hydrogens is 323 g/mol. The minimum Gasteiger partial charge on any atom is -0.331 e. The normalized spacial score (nSPS) is 15.5. The Bertz CT molecular complexity index is 802. The molecule has 1 aromatic carbocycles. The summed E-state index contributed by atoms with van der Waals surface area (Å²) in [6.07, 6.45) is 1.80. The van der Waals surface area contributed by atoms with Gasteiger partial charge in [-0.1, -0.05) is 18.6 Å². The average Bonchev–Trinajstić information content (AvgIpc) is 3.20. The van der Waals surface area contributed by atoms with Crippen LogP contribution < -0.4 is 5.32 Å². The third-order valence-electron chi connectivity index (χ3n) is 4.42. The van der Waals surface area contributed by atoms with Crippen LogP contribution in [0.4, 0.5) is 10.2 Å². The van der Waals surface area contributed by atoms with E-state index < -0.39 is 6.04 Å². The van der Waals surface area contributed by atoms with Crippen LogP contribution in [0.3, 0.4) is 0 Å². The number of aromatic nitrogens is 2.